The molecule has 0 aliphatic carbocycles. The van der Waals surface area contributed by atoms with Gasteiger partial charge in [-0.2, -0.15) is 4.98 Å². The van der Waals surface area contributed by atoms with Crippen molar-refractivity contribution < 1.29 is 14.1 Å². The second kappa shape index (κ2) is 6.19. The molecule has 0 saturated carbocycles. The standard InChI is InChI=1S/C9H16N4O3/c1-3-11-9(14)8-12-7(16-13-8)4-6(5-10)15-2/h6H,3-5,10H2,1-2H3,(H,11,14). The lowest BCUT2D eigenvalue weighted by atomic mass is 10.2. The number of nitrogens with two attached hydrogens (primary N) is 1. The highest BCUT2D eigenvalue weighted by Crippen LogP contribution is 2.03. The average molecular weight is 228 g/mol. The number of nitrogens with one attached hydrogen (secondary N) is 1. The van der Waals surface area contributed by atoms with Crippen molar-refractivity contribution in [3.63, 3.8) is 0 Å². The number of methoxy groups -OCH3 is 1. The molecule has 3 N–H and O–H groups in total. The van der Waals surface area contributed by atoms with Crippen molar-refractivity contribution in [1.29, 1.82) is 0 Å². The third-order valence-corrected chi connectivity index (χ3v) is 2.01. The van der Waals surface area contributed by atoms with Crippen molar-refractivity contribution in [2.45, 2.75) is 19.4 Å². The molecule has 0 aliphatic rings. The van der Waals surface area contributed by atoms with Gasteiger partial charge in [0.25, 0.3) is 11.7 Å². The lowest BCUT2D eigenvalue weighted by Crippen LogP contribution is -2.25. The molecule has 0 radical (unpaired) electrons. The van der Waals surface area contributed by atoms with Gasteiger partial charge in [-0.1, -0.05) is 5.16 Å². The monoisotopic (exact) mass is 228 g/mol. The Morgan fingerprint density at radius 1 is 1.69 bits per heavy atom. The van der Waals surface area contributed by atoms with Gasteiger partial charge in [-0.05, 0) is 6.92 Å². The van der Waals surface area contributed by atoms with E-state index in [0.717, 1.165) is 0 Å². The molecule has 1 atom stereocenters. The number of ether oxygens (including phenoxy) is 1. The van der Waals surface area contributed by atoms with Crippen molar-refractivity contribution >= 4 is 5.91 Å². The van der Waals surface area contributed by atoms with Crippen LogP contribution in [0.3, 0.4) is 0 Å². The summed E-state index contributed by atoms with van der Waals surface area (Å²) in [5.41, 5.74) is 5.45. The van der Waals surface area contributed by atoms with Gasteiger partial charge < -0.3 is 20.3 Å². The maximum Gasteiger partial charge on any atom is 0.292 e. The average Bonchev–Trinajstić information content (AvgIpc) is 2.74. The van der Waals surface area contributed by atoms with Gasteiger partial charge in [-0.15, -0.1) is 0 Å². The fraction of sp³-hybridized carbons (Fsp3) is 0.667. The summed E-state index contributed by atoms with van der Waals surface area (Å²) >= 11 is 0. The van der Waals surface area contributed by atoms with E-state index in [0.29, 0.717) is 25.4 Å². The fourth-order valence-corrected chi connectivity index (χ4v) is 1.13. The van der Waals surface area contributed by atoms with Gasteiger partial charge >= 0.3 is 0 Å². The van der Waals surface area contributed by atoms with E-state index in [1.807, 2.05) is 6.92 Å². The van der Waals surface area contributed by atoms with Gasteiger partial charge in [-0.3, -0.25) is 4.79 Å². The molecule has 7 nitrogen and oxygen atoms in total. The van der Waals surface area contributed by atoms with Crippen LogP contribution in [0.4, 0.5) is 0 Å². The maximum atomic E-state index is 11.3. The molecule has 0 aromatic carbocycles. The lowest BCUT2D eigenvalue weighted by molar-refractivity contribution is 0.0942. The minimum absolute atomic E-state index is 0.0312. The quantitative estimate of drug-likeness (QED) is 0.669. The van der Waals surface area contributed by atoms with Gasteiger partial charge in [0.1, 0.15) is 0 Å². The molecule has 0 aliphatic heterocycles. The fourth-order valence-electron chi connectivity index (χ4n) is 1.13. The van der Waals surface area contributed by atoms with Crippen molar-refractivity contribution in [1.82, 2.24) is 15.5 Å². The summed E-state index contributed by atoms with van der Waals surface area (Å²) in [5.74, 6) is 0.0292. The molecule has 7 heteroatoms. The Labute approximate surface area is 93.3 Å². The third-order valence-electron chi connectivity index (χ3n) is 2.01. The highest BCUT2D eigenvalue weighted by Gasteiger charge is 2.16. The maximum absolute atomic E-state index is 11.3. The van der Waals surface area contributed by atoms with Crippen LogP contribution in [0.15, 0.2) is 4.52 Å². The number of carbonyl (C=O) groups is 1. The zero-order valence-corrected chi connectivity index (χ0v) is 9.40. The van der Waals surface area contributed by atoms with E-state index < -0.39 is 0 Å². The summed E-state index contributed by atoms with van der Waals surface area (Å²) < 4.78 is 9.98. The SMILES string of the molecule is CCNC(=O)c1noc(CC(CN)OC)n1. The first-order valence-electron chi connectivity index (χ1n) is 5.04. The van der Waals surface area contributed by atoms with E-state index in [-0.39, 0.29) is 17.8 Å². The number of hydrogen-bond donors (Lipinski definition) is 2. The first kappa shape index (κ1) is 12.6. The van der Waals surface area contributed by atoms with Crippen molar-refractivity contribution in [2.24, 2.45) is 5.73 Å². The molecule has 90 valence electrons. The molecular formula is C9H16N4O3. The topological polar surface area (TPSA) is 103 Å². The minimum Gasteiger partial charge on any atom is -0.380 e. The third kappa shape index (κ3) is 3.28. The number of amides is 1. The number of nitrogens with zero attached hydrogens (tertiary/aromatic N) is 2. The molecule has 0 fully saturated rings. The molecule has 0 bridgehead atoms. The molecular weight excluding hydrogens is 212 g/mol. The predicted molar refractivity (Wildman–Crippen MR) is 55.9 cm³/mol. The summed E-state index contributed by atoms with van der Waals surface area (Å²) in [7, 11) is 1.55. The summed E-state index contributed by atoms with van der Waals surface area (Å²) in [6.07, 6.45) is 0.224. The molecule has 16 heavy (non-hydrogen) atoms. The Hall–Kier alpha value is -1.47. The van der Waals surface area contributed by atoms with Crippen LogP contribution in [0.1, 0.15) is 23.4 Å². The zero-order chi connectivity index (χ0) is 12.0. The Morgan fingerprint density at radius 3 is 3.00 bits per heavy atom. The highest BCUT2D eigenvalue weighted by molar-refractivity contribution is 5.90. The van der Waals surface area contributed by atoms with E-state index in [2.05, 4.69) is 15.5 Å². The second-order valence-corrected chi connectivity index (χ2v) is 3.17. The van der Waals surface area contributed by atoms with Crippen molar-refractivity contribution in [2.75, 3.05) is 20.2 Å². The summed E-state index contributed by atoms with van der Waals surface area (Å²) in [6.45, 7) is 2.69. The Balaban J connectivity index is 2.60. The van der Waals surface area contributed by atoms with Gasteiger partial charge in [0.05, 0.1) is 12.5 Å². The molecule has 1 unspecified atom stereocenters. The number of hydrogen-bond acceptors (Lipinski definition) is 6. The predicted octanol–water partition coefficient (Wildman–Crippen LogP) is -0.664. The van der Waals surface area contributed by atoms with Crippen LogP contribution in [0.2, 0.25) is 0 Å². The van der Waals surface area contributed by atoms with Crippen LogP contribution in [0, 0.1) is 0 Å². The van der Waals surface area contributed by atoms with Crippen LogP contribution in [-0.4, -0.2) is 42.4 Å². The van der Waals surface area contributed by atoms with Crippen LogP contribution in [-0.2, 0) is 11.2 Å². The van der Waals surface area contributed by atoms with Crippen LogP contribution in [0.25, 0.3) is 0 Å². The molecule has 1 rings (SSSR count). The van der Waals surface area contributed by atoms with Crippen molar-refractivity contribution in [3.05, 3.63) is 11.7 Å². The van der Waals surface area contributed by atoms with Crippen LogP contribution >= 0.6 is 0 Å². The number of carbonyl (C=O) groups excluding carboxylic acids is 1. The van der Waals surface area contributed by atoms with Gasteiger partial charge in [0.15, 0.2) is 0 Å². The number of rotatable bonds is 6. The lowest BCUT2D eigenvalue weighted by Gasteiger charge is -2.08. The van der Waals surface area contributed by atoms with E-state index in [4.69, 9.17) is 15.0 Å². The van der Waals surface area contributed by atoms with Crippen LogP contribution < -0.4 is 11.1 Å². The van der Waals surface area contributed by atoms with E-state index in [1.54, 1.807) is 7.11 Å². The number of aromatic nitrogens is 2. The largest absolute Gasteiger partial charge is 0.380 e. The van der Waals surface area contributed by atoms with Gasteiger partial charge in [0.2, 0.25) is 5.89 Å². The van der Waals surface area contributed by atoms with Crippen LogP contribution in [0.5, 0.6) is 0 Å². The Kier molecular flexibility index (Phi) is 4.87. The molecule has 0 saturated heterocycles. The Bertz CT molecular complexity index is 335. The molecule has 1 aromatic heterocycles. The minimum atomic E-state index is -0.348. The first-order chi connectivity index (χ1) is 7.71. The molecule has 1 amide bonds. The normalized spacial score (nSPS) is 12.4. The molecule has 1 heterocycles. The smallest absolute Gasteiger partial charge is 0.292 e. The van der Waals surface area contributed by atoms with Crippen molar-refractivity contribution in [3.8, 4) is 0 Å². The first-order valence-corrected chi connectivity index (χ1v) is 5.04. The zero-order valence-electron chi connectivity index (χ0n) is 9.40. The second-order valence-electron chi connectivity index (χ2n) is 3.17. The van der Waals surface area contributed by atoms with Gasteiger partial charge in [0, 0.05) is 20.2 Å². The summed E-state index contributed by atoms with van der Waals surface area (Å²) in [4.78, 5) is 15.3. The van der Waals surface area contributed by atoms with E-state index in [9.17, 15) is 4.79 Å². The highest BCUT2D eigenvalue weighted by atomic mass is 16.5. The summed E-state index contributed by atoms with van der Waals surface area (Å²) in [5, 5.41) is 6.14. The molecule has 0 spiro atoms. The van der Waals surface area contributed by atoms with E-state index in [1.165, 1.54) is 0 Å². The van der Waals surface area contributed by atoms with E-state index >= 15 is 0 Å². The molecule has 1 aromatic rings. The van der Waals surface area contributed by atoms with Gasteiger partial charge in [-0.25, -0.2) is 0 Å². The summed E-state index contributed by atoms with van der Waals surface area (Å²) in [6, 6.07) is 0. The Morgan fingerprint density at radius 2 is 2.44 bits per heavy atom.